The van der Waals surface area contributed by atoms with E-state index in [1.54, 1.807) is 0 Å². The maximum atomic E-state index is 11.5. The Balaban J connectivity index is 2.52. The minimum Gasteiger partial charge on any atom is -0.430 e. The molecule has 0 saturated heterocycles. The Morgan fingerprint density at radius 1 is 1.69 bits per heavy atom. The summed E-state index contributed by atoms with van der Waals surface area (Å²) in [6, 6.07) is 0. The predicted octanol–water partition coefficient (Wildman–Crippen LogP) is 2.60. The number of hydrogen-bond donors (Lipinski definition) is 0. The summed E-state index contributed by atoms with van der Waals surface area (Å²) in [5, 5.41) is 0. The molecule has 0 N–H and O–H groups in total. The largest absolute Gasteiger partial charge is 0.513 e. The Labute approximate surface area is 94.9 Å². The van der Waals surface area contributed by atoms with Gasteiger partial charge in [0.1, 0.15) is 12.4 Å². The highest BCUT2D eigenvalue weighted by molar-refractivity contribution is 5.92. The monoisotopic (exact) mass is 224 g/mol. The zero-order valence-electron chi connectivity index (χ0n) is 9.40. The van der Waals surface area contributed by atoms with Crippen LogP contribution in [0.4, 0.5) is 4.79 Å². The van der Waals surface area contributed by atoms with Crippen LogP contribution in [0.1, 0.15) is 26.2 Å². The molecule has 1 aliphatic rings. The number of hydrogen-bond acceptors (Lipinski definition) is 4. The Bertz CT molecular complexity index is 317. The summed E-state index contributed by atoms with van der Waals surface area (Å²) in [5.41, 5.74) is 0. The molecular formula is C12H16O4. The molecule has 0 saturated carbocycles. The summed E-state index contributed by atoms with van der Waals surface area (Å²) in [6.07, 6.45) is 4.33. The molecule has 0 spiro atoms. The molecule has 0 amide bonds. The van der Waals surface area contributed by atoms with E-state index < -0.39 is 6.16 Å². The Kier molecular flexibility index (Phi) is 4.76. The first kappa shape index (κ1) is 12.5. The highest BCUT2D eigenvalue weighted by Crippen LogP contribution is 2.20. The van der Waals surface area contributed by atoms with E-state index in [0.717, 1.165) is 12.8 Å². The van der Waals surface area contributed by atoms with Crippen molar-refractivity contribution in [2.45, 2.75) is 26.2 Å². The van der Waals surface area contributed by atoms with E-state index in [1.165, 1.54) is 12.2 Å². The zero-order chi connectivity index (χ0) is 12.0. The highest BCUT2D eigenvalue weighted by Gasteiger charge is 2.18. The van der Waals surface area contributed by atoms with Crippen LogP contribution in [0.25, 0.3) is 0 Å². The molecule has 0 aromatic rings. The summed E-state index contributed by atoms with van der Waals surface area (Å²) < 4.78 is 9.59. The Hall–Kier alpha value is -1.58. The first-order chi connectivity index (χ1) is 7.63. The van der Waals surface area contributed by atoms with Gasteiger partial charge in [-0.1, -0.05) is 19.6 Å². The van der Waals surface area contributed by atoms with Gasteiger partial charge in [0.05, 0.1) is 0 Å². The second-order valence-electron chi connectivity index (χ2n) is 3.76. The van der Waals surface area contributed by atoms with E-state index in [9.17, 15) is 9.59 Å². The van der Waals surface area contributed by atoms with E-state index in [2.05, 4.69) is 11.3 Å². The first-order valence-electron chi connectivity index (χ1n) is 5.33. The summed E-state index contributed by atoms with van der Waals surface area (Å²) in [4.78, 5) is 22.6. The summed E-state index contributed by atoms with van der Waals surface area (Å²) >= 11 is 0. The first-order valence-corrected chi connectivity index (χ1v) is 5.33. The summed E-state index contributed by atoms with van der Waals surface area (Å²) in [7, 11) is 0. The number of ether oxygens (including phenoxy) is 2. The molecule has 4 heteroatoms. The quantitative estimate of drug-likeness (QED) is 0.546. The van der Waals surface area contributed by atoms with E-state index in [4.69, 9.17) is 4.74 Å². The van der Waals surface area contributed by atoms with Gasteiger partial charge in [0, 0.05) is 18.4 Å². The standard InChI is InChI=1S/C12H16O4/c1-3-7-15-12(14)16-10-6-4-5-9(2)11(13)8-10/h3,8-9H,1,4-7H2,2H3/t9-/m0/s1. The van der Waals surface area contributed by atoms with Gasteiger partial charge in [-0.3, -0.25) is 4.79 Å². The fraction of sp³-hybridized carbons (Fsp3) is 0.500. The summed E-state index contributed by atoms with van der Waals surface area (Å²) in [6.45, 7) is 5.40. The zero-order valence-corrected chi connectivity index (χ0v) is 9.40. The van der Waals surface area contributed by atoms with Crippen molar-refractivity contribution in [1.82, 2.24) is 0 Å². The maximum absolute atomic E-state index is 11.5. The Morgan fingerprint density at radius 2 is 2.44 bits per heavy atom. The van der Waals surface area contributed by atoms with E-state index in [1.807, 2.05) is 6.92 Å². The fourth-order valence-electron chi connectivity index (χ4n) is 1.44. The number of carbonyl (C=O) groups excluding carboxylic acids is 2. The average molecular weight is 224 g/mol. The van der Waals surface area contributed by atoms with E-state index in [-0.39, 0.29) is 18.3 Å². The van der Waals surface area contributed by atoms with Gasteiger partial charge < -0.3 is 9.47 Å². The third-order valence-electron chi connectivity index (χ3n) is 2.38. The van der Waals surface area contributed by atoms with Crippen LogP contribution < -0.4 is 0 Å². The smallest absolute Gasteiger partial charge is 0.430 e. The van der Waals surface area contributed by atoms with Crippen LogP contribution in [0.3, 0.4) is 0 Å². The van der Waals surface area contributed by atoms with Crippen LogP contribution in [0.5, 0.6) is 0 Å². The van der Waals surface area contributed by atoms with Crippen LogP contribution in [0.2, 0.25) is 0 Å². The number of carbonyl (C=O) groups is 2. The molecule has 1 atom stereocenters. The average Bonchev–Trinajstić information content (AvgIpc) is 2.39. The molecular weight excluding hydrogens is 208 g/mol. The van der Waals surface area contributed by atoms with Gasteiger partial charge in [-0.2, -0.15) is 0 Å². The van der Waals surface area contributed by atoms with Gasteiger partial charge in [-0.25, -0.2) is 4.79 Å². The van der Waals surface area contributed by atoms with Gasteiger partial charge in [0.25, 0.3) is 0 Å². The lowest BCUT2D eigenvalue weighted by Gasteiger charge is -2.05. The maximum Gasteiger partial charge on any atom is 0.513 e. The third-order valence-corrected chi connectivity index (χ3v) is 2.38. The Morgan fingerprint density at radius 3 is 3.12 bits per heavy atom. The third kappa shape index (κ3) is 3.88. The van der Waals surface area contributed by atoms with Crippen LogP contribution in [-0.2, 0) is 14.3 Å². The van der Waals surface area contributed by atoms with Crippen molar-refractivity contribution in [3.63, 3.8) is 0 Å². The van der Waals surface area contributed by atoms with Crippen molar-refractivity contribution in [2.75, 3.05) is 6.61 Å². The molecule has 16 heavy (non-hydrogen) atoms. The van der Waals surface area contributed by atoms with Crippen molar-refractivity contribution < 1.29 is 19.1 Å². The van der Waals surface area contributed by atoms with Crippen LogP contribution in [0, 0.1) is 5.92 Å². The predicted molar refractivity (Wildman–Crippen MR) is 58.7 cm³/mol. The van der Waals surface area contributed by atoms with Crippen LogP contribution in [-0.4, -0.2) is 18.5 Å². The van der Waals surface area contributed by atoms with Gasteiger partial charge in [-0.15, -0.1) is 0 Å². The van der Waals surface area contributed by atoms with Crippen molar-refractivity contribution in [3.05, 3.63) is 24.5 Å². The lowest BCUT2D eigenvalue weighted by Crippen LogP contribution is -2.09. The molecule has 0 aromatic heterocycles. The topological polar surface area (TPSA) is 52.6 Å². The molecule has 88 valence electrons. The van der Waals surface area contributed by atoms with Crippen LogP contribution in [0.15, 0.2) is 24.5 Å². The molecule has 0 aliphatic heterocycles. The molecule has 0 bridgehead atoms. The minimum absolute atomic E-state index is 0.00372. The molecule has 0 unspecified atom stereocenters. The molecule has 1 aliphatic carbocycles. The molecule has 4 nitrogen and oxygen atoms in total. The number of rotatable bonds is 3. The molecule has 0 aromatic carbocycles. The van der Waals surface area contributed by atoms with Gasteiger partial charge in [0.15, 0.2) is 5.78 Å². The van der Waals surface area contributed by atoms with Gasteiger partial charge in [-0.05, 0) is 12.8 Å². The second-order valence-corrected chi connectivity index (χ2v) is 3.76. The minimum atomic E-state index is -0.784. The number of ketones is 1. The van der Waals surface area contributed by atoms with Crippen molar-refractivity contribution in [1.29, 1.82) is 0 Å². The normalized spacial score (nSPS) is 20.7. The van der Waals surface area contributed by atoms with Gasteiger partial charge in [0.2, 0.25) is 0 Å². The lowest BCUT2D eigenvalue weighted by atomic mass is 10.0. The van der Waals surface area contributed by atoms with Crippen molar-refractivity contribution >= 4 is 11.9 Å². The molecule has 0 radical (unpaired) electrons. The van der Waals surface area contributed by atoms with Crippen molar-refractivity contribution in [3.8, 4) is 0 Å². The van der Waals surface area contributed by atoms with Crippen molar-refractivity contribution in [2.24, 2.45) is 5.92 Å². The highest BCUT2D eigenvalue weighted by atomic mass is 16.7. The number of allylic oxidation sites excluding steroid dienone is 2. The molecule has 1 rings (SSSR count). The fourth-order valence-corrected chi connectivity index (χ4v) is 1.44. The van der Waals surface area contributed by atoms with E-state index >= 15 is 0 Å². The van der Waals surface area contributed by atoms with E-state index in [0.29, 0.717) is 12.2 Å². The summed E-state index contributed by atoms with van der Waals surface area (Å²) in [5.74, 6) is 0.401. The SMILES string of the molecule is C=CCOC(=O)OC1=CC(=O)[C@@H](C)CCC1. The lowest BCUT2D eigenvalue weighted by molar-refractivity contribution is -0.117. The van der Waals surface area contributed by atoms with Gasteiger partial charge >= 0.3 is 6.16 Å². The van der Waals surface area contributed by atoms with Crippen LogP contribution >= 0.6 is 0 Å². The molecule has 0 heterocycles. The second kappa shape index (κ2) is 6.10. The molecule has 0 fully saturated rings.